The number of morpholine rings is 1. The molecule has 0 aliphatic carbocycles. The number of hydrogen-bond donors (Lipinski definition) is 0. The lowest BCUT2D eigenvalue weighted by Gasteiger charge is -2.35. The molecule has 0 bridgehead atoms. The van der Waals surface area contributed by atoms with Crippen LogP contribution in [-0.4, -0.2) is 42.7 Å². The van der Waals surface area contributed by atoms with Crippen LogP contribution in [0.3, 0.4) is 0 Å². The molecule has 1 saturated heterocycles. The van der Waals surface area contributed by atoms with Crippen LogP contribution < -0.4 is 4.74 Å². The molecule has 4 nitrogen and oxygen atoms in total. The Morgan fingerprint density at radius 2 is 2.10 bits per heavy atom. The van der Waals surface area contributed by atoms with E-state index in [0.29, 0.717) is 18.8 Å². The zero-order chi connectivity index (χ0) is 14.7. The van der Waals surface area contributed by atoms with Crippen molar-refractivity contribution < 1.29 is 18.7 Å². The van der Waals surface area contributed by atoms with Crippen molar-refractivity contribution in [1.29, 1.82) is 0 Å². The molecule has 0 saturated carbocycles. The Kier molecular flexibility index (Phi) is 4.83. The highest BCUT2D eigenvalue weighted by molar-refractivity contribution is 6.32. The summed E-state index contributed by atoms with van der Waals surface area (Å²) in [5.41, 5.74) is 0. The molecule has 1 amide bonds. The molecule has 1 aromatic rings. The molecule has 1 heterocycles. The molecule has 2 unspecified atom stereocenters. The van der Waals surface area contributed by atoms with Crippen molar-refractivity contribution in [2.75, 3.05) is 19.7 Å². The summed E-state index contributed by atoms with van der Waals surface area (Å²) in [7, 11) is 0. The molecule has 1 aliphatic heterocycles. The van der Waals surface area contributed by atoms with E-state index >= 15 is 0 Å². The molecule has 20 heavy (non-hydrogen) atoms. The van der Waals surface area contributed by atoms with Crippen LogP contribution in [0.1, 0.15) is 13.8 Å². The van der Waals surface area contributed by atoms with Crippen molar-refractivity contribution >= 4 is 17.5 Å². The van der Waals surface area contributed by atoms with E-state index in [1.165, 1.54) is 12.1 Å². The number of carbonyl (C=O) groups is 1. The fourth-order valence-corrected chi connectivity index (χ4v) is 2.43. The average molecular weight is 302 g/mol. The third kappa shape index (κ3) is 3.84. The summed E-state index contributed by atoms with van der Waals surface area (Å²) in [6.45, 7) is 4.82. The summed E-state index contributed by atoms with van der Waals surface area (Å²) in [5, 5.41) is 0.154. The molecule has 0 aromatic heterocycles. The van der Waals surface area contributed by atoms with Gasteiger partial charge in [-0.1, -0.05) is 11.6 Å². The Morgan fingerprint density at radius 3 is 2.70 bits per heavy atom. The van der Waals surface area contributed by atoms with Crippen LogP contribution in [0, 0.1) is 5.82 Å². The minimum absolute atomic E-state index is 0.0112. The van der Waals surface area contributed by atoms with Gasteiger partial charge in [0.05, 0.1) is 17.2 Å². The molecule has 0 N–H and O–H groups in total. The topological polar surface area (TPSA) is 38.8 Å². The SMILES string of the molecule is CC1CN(C(=O)COc2ccc(F)cc2Cl)CC(C)O1. The van der Waals surface area contributed by atoms with E-state index in [4.69, 9.17) is 21.1 Å². The number of benzene rings is 1. The number of rotatable bonds is 3. The Labute approximate surface area is 122 Å². The zero-order valence-corrected chi connectivity index (χ0v) is 12.2. The van der Waals surface area contributed by atoms with Gasteiger partial charge in [-0.25, -0.2) is 4.39 Å². The number of halogens is 2. The van der Waals surface area contributed by atoms with Gasteiger partial charge in [-0.3, -0.25) is 4.79 Å². The lowest BCUT2D eigenvalue weighted by molar-refractivity contribution is -0.145. The van der Waals surface area contributed by atoms with Gasteiger partial charge in [0.2, 0.25) is 0 Å². The van der Waals surface area contributed by atoms with Gasteiger partial charge in [0.25, 0.3) is 5.91 Å². The van der Waals surface area contributed by atoms with E-state index < -0.39 is 5.82 Å². The molecule has 1 fully saturated rings. The maximum absolute atomic E-state index is 12.9. The minimum atomic E-state index is -0.440. The predicted octanol–water partition coefficient (Wildman–Crippen LogP) is 2.49. The van der Waals surface area contributed by atoms with Gasteiger partial charge in [0.15, 0.2) is 6.61 Å². The van der Waals surface area contributed by atoms with E-state index in [2.05, 4.69) is 0 Å². The molecule has 2 rings (SSSR count). The number of amides is 1. The quantitative estimate of drug-likeness (QED) is 0.861. The second-order valence-electron chi connectivity index (χ2n) is 4.92. The highest BCUT2D eigenvalue weighted by atomic mass is 35.5. The number of carbonyl (C=O) groups excluding carboxylic acids is 1. The Hall–Kier alpha value is -1.33. The largest absolute Gasteiger partial charge is 0.482 e. The van der Waals surface area contributed by atoms with Gasteiger partial charge in [-0.2, -0.15) is 0 Å². The first-order valence-corrected chi connectivity index (χ1v) is 6.84. The molecule has 1 aromatic carbocycles. The zero-order valence-electron chi connectivity index (χ0n) is 11.4. The lowest BCUT2D eigenvalue weighted by Crippen LogP contribution is -2.49. The van der Waals surface area contributed by atoms with Crippen molar-refractivity contribution in [3.05, 3.63) is 29.0 Å². The van der Waals surface area contributed by atoms with Gasteiger partial charge in [0.1, 0.15) is 11.6 Å². The average Bonchev–Trinajstić information content (AvgIpc) is 2.36. The molecule has 6 heteroatoms. The van der Waals surface area contributed by atoms with Gasteiger partial charge >= 0.3 is 0 Å². The third-order valence-corrected chi connectivity index (χ3v) is 3.31. The fourth-order valence-electron chi connectivity index (χ4n) is 2.20. The second kappa shape index (κ2) is 6.41. The van der Waals surface area contributed by atoms with E-state index in [1.807, 2.05) is 13.8 Å². The summed E-state index contributed by atoms with van der Waals surface area (Å²) in [4.78, 5) is 13.8. The van der Waals surface area contributed by atoms with Crippen LogP contribution >= 0.6 is 11.6 Å². The standard InChI is InChI=1S/C14H17ClFNO3/c1-9-6-17(7-10(2)20-9)14(18)8-19-13-4-3-11(16)5-12(13)15/h3-5,9-10H,6-8H2,1-2H3. The Bertz CT molecular complexity index is 487. The van der Waals surface area contributed by atoms with Crippen molar-refractivity contribution in [3.8, 4) is 5.75 Å². The summed E-state index contributed by atoms with van der Waals surface area (Å²) in [5.74, 6) is -0.271. The summed E-state index contributed by atoms with van der Waals surface area (Å²) in [6.07, 6.45) is 0.0224. The summed E-state index contributed by atoms with van der Waals surface area (Å²) in [6, 6.07) is 3.81. The fraction of sp³-hybridized carbons (Fsp3) is 0.500. The van der Waals surface area contributed by atoms with Crippen LogP contribution in [0.25, 0.3) is 0 Å². The maximum atomic E-state index is 12.9. The molecular weight excluding hydrogens is 285 g/mol. The first-order valence-electron chi connectivity index (χ1n) is 6.47. The smallest absolute Gasteiger partial charge is 0.260 e. The molecule has 2 atom stereocenters. The van der Waals surface area contributed by atoms with Gasteiger partial charge < -0.3 is 14.4 Å². The molecule has 1 aliphatic rings. The van der Waals surface area contributed by atoms with E-state index in [9.17, 15) is 9.18 Å². The normalized spacial score (nSPS) is 22.7. The van der Waals surface area contributed by atoms with E-state index in [1.54, 1.807) is 4.90 Å². The summed E-state index contributed by atoms with van der Waals surface area (Å²) >= 11 is 5.84. The molecule has 0 radical (unpaired) electrons. The van der Waals surface area contributed by atoms with Crippen LogP contribution in [0.5, 0.6) is 5.75 Å². The van der Waals surface area contributed by atoms with Crippen molar-refractivity contribution in [2.45, 2.75) is 26.1 Å². The van der Waals surface area contributed by atoms with E-state index in [0.717, 1.165) is 6.07 Å². The number of ether oxygens (including phenoxy) is 2. The Balaban J connectivity index is 1.91. The van der Waals surface area contributed by atoms with Gasteiger partial charge in [-0.05, 0) is 32.0 Å². The van der Waals surface area contributed by atoms with Crippen molar-refractivity contribution in [2.24, 2.45) is 0 Å². The highest BCUT2D eigenvalue weighted by Crippen LogP contribution is 2.24. The first-order chi connectivity index (χ1) is 9.45. The maximum Gasteiger partial charge on any atom is 0.260 e. The number of nitrogens with zero attached hydrogens (tertiary/aromatic N) is 1. The molecular formula is C14H17ClFNO3. The van der Waals surface area contributed by atoms with Crippen LogP contribution in [-0.2, 0) is 9.53 Å². The van der Waals surface area contributed by atoms with Gasteiger partial charge in [0, 0.05) is 13.1 Å². The van der Waals surface area contributed by atoms with Crippen LogP contribution in [0.2, 0.25) is 5.02 Å². The highest BCUT2D eigenvalue weighted by Gasteiger charge is 2.26. The summed E-state index contributed by atoms with van der Waals surface area (Å²) < 4.78 is 23.8. The first kappa shape index (κ1) is 15.1. The van der Waals surface area contributed by atoms with E-state index in [-0.39, 0.29) is 29.7 Å². The second-order valence-corrected chi connectivity index (χ2v) is 5.33. The minimum Gasteiger partial charge on any atom is -0.482 e. The van der Waals surface area contributed by atoms with Crippen molar-refractivity contribution in [3.63, 3.8) is 0 Å². The van der Waals surface area contributed by atoms with Crippen LogP contribution in [0.15, 0.2) is 18.2 Å². The van der Waals surface area contributed by atoms with Gasteiger partial charge in [-0.15, -0.1) is 0 Å². The van der Waals surface area contributed by atoms with Crippen molar-refractivity contribution in [1.82, 2.24) is 4.90 Å². The predicted molar refractivity (Wildman–Crippen MR) is 73.5 cm³/mol. The van der Waals surface area contributed by atoms with Crippen LogP contribution in [0.4, 0.5) is 4.39 Å². The number of hydrogen-bond acceptors (Lipinski definition) is 3. The monoisotopic (exact) mass is 301 g/mol. The molecule has 0 spiro atoms. The lowest BCUT2D eigenvalue weighted by atomic mass is 10.2. The third-order valence-electron chi connectivity index (χ3n) is 3.02. The molecule has 110 valence electrons. The Morgan fingerprint density at radius 1 is 1.45 bits per heavy atom.